The molecule has 112 valence electrons. The standard InChI is InChI=1S/C16H24BrNO2/c1-3-5-13(11-19-2)18-15-6-4-9-20-16-10-12(17)7-8-14(15)16/h7-8,10,13,15,18H,3-6,9,11H2,1-2H3. The van der Waals surface area contributed by atoms with Crippen molar-refractivity contribution in [2.45, 2.75) is 44.7 Å². The Hall–Kier alpha value is -0.580. The van der Waals surface area contributed by atoms with Crippen molar-refractivity contribution in [2.75, 3.05) is 20.3 Å². The van der Waals surface area contributed by atoms with E-state index in [0.717, 1.165) is 49.1 Å². The fourth-order valence-electron chi connectivity index (χ4n) is 2.77. The molecular formula is C16H24BrNO2. The van der Waals surface area contributed by atoms with E-state index in [4.69, 9.17) is 9.47 Å². The maximum atomic E-state index is 5.86. The monoisotopic (exact) mass is 341 g/mol. The number of methoxy groups -OCH3 is 1. The van der Waals surface area contributed by atoms with Gasteiger partial charge in [0.25, 0.3) is 0 Å². The number of benzene rings is 1. The number of hydrogen-bond donors (Lipinski definition) is 1. The van der Waals surface area contributed by atoms with Gasteiger partial charge in [-0.3, -0.25) is 0 Å². The first-order valence-corrected chi connectivity index (χ1v) is 8.21. The van der Waals surface area contributed by atoms with Gasteiger partial charge >= 0.3 is 0 Å². The van der Waals surface area contributed by atoms with E-state index >= 15 is 0 Å². The van der Waals surface area contributed by atoms with Crippen LogP contribution in [0.2, 0.25) is 0 Å². The van der Waals surface area contributed by atoms with Crippen molar-refractivity contribution in [3.8, 4) is 5.75 Å². The predicted molar refractivity (Wildman–Crippen MR) is 85.3 cm³/mol. The first-order valence-electron chi connectivity index (χ1n) is 7.41. The largest absolute Gasteiger partial charge is 0.493 e. The summed E-state index contributed by atoms with van der Waals surface area (Å²) in [6, 6.07) is 7.09. The Balaban J connectivity index is 2.14. The number of nitrogens with one attached hydrogen (secondary N) is 1. The third-order valence-corrected chi connectivity index (χ3v) is 4.18. The van der Waals surface area contributed by atoms with Crippen LogP contribution in [0.1, 0.15) is 44.2 Å². The molecule has 1 heterocycles. The van der Waals surface area contributed by atoms with Gasteiger partial charge in [-0.25, -0.2) is 0 Å². The Morgan fingerprint density at radius 3 is 3.10 bits per heavy atom. The highest BCUT2D eigenvalue weighted by Crippen LogP contribution is 2.34. The third-order valence-electron chi connectivity index (χ3n) is 3.69. The maximum Gasteiger partial charge on any atom is 0.125 e. The second kappa shape index (κ2) is 8.01. The molecule has 0 amide bonds. The maximum absolute atomic E-state index is 5.86. The molecule has 1 N–H and O–H groups in total. The Bertz CT molecular complexity index is 419. The quantitative estimate of drug-likeness (QED) is 0.845. The molecule has 0 radical (unpaired) electrons. The normalized spacial score (nSPS) is 19.9. The predicted octanol–water partition coefficient (Wildman–Crippen LogP) is 4.07. The fourth-order valence-corrected chi connectivity index (χ4v) is 3.11. The van der Waals surface area contributed by atoms with E-state index in [0.29, 0.717) is 12.1 Å². The van der Waals surface area contributed by atoms with Crippen LogP contribution in [0.5, 0.6) is 5.75 Å². The molecule has 0 saturated heterocycles. The van der Waals surface area contributed by atoms with Crippen LogP contribution in [0, 0.1) is 0 Å². The van der Waals surface area contributed by atoms with Gasteiger partial charge in [-0.1, -0.05) is 35.3 Å². The SMILES string of the molecule is CCCC(COC)NC1CCCOc2cc(Br)ccc21. The van der Waals surface area contributed by atoms with E-state index in [-0.39, 0.29) is 0 Å². The van der Waals surface area contributed by atoms with Gasteiger partial charge < -0.3 is 14.8 Å². The molecule has 1 aliphatic rings. The van der Waals surface area contributed by atoms with Gasteiger partial charge in [0.2, 0.25) is 0 Å². The average molecular weight is 342 g/mol. The summed E-state index contributed by atoms with van der Waals surface area (Å²) in [6.07, 6.45) is 4.49. The van der Waals surface area contributed by atoms with Crippen molar-refractivity contribution in [2.24, 2.45) is 0 Å². The molecule has 2 unspecified atom stereocenters. The van der Waals surface area contributed by atoms with Gasteiger partial charge in [0.15, 0.2) is 0 Å². The van der Waals surface area contributed by atoms with Crippen molar-refractivity contribution in [3.63, 3.8) is 0 Å². The van der Waals surface area contributed by atoms with E-state index in [9.17, 15) is 0 Å². The van der Waals surface area contributed by atoms with Crippen LogP contribution in [0.25, 0.3) is 0 Å². The van der Waals surface area contributed by atoms with Crippen LogP contribution in [-0.4, -0.2) is 26.4 Å². The van der Waals surface area contributed by atoms with E-state index < -0.39 is 0 Å². The van der Waals surface area contributed by atoms with Gasteiger partial charge in [-0.05, 0) is 31.4 Å². The minimum atomic E-state index is 0.354. The molecule has 1 aromatic rings. The molecule has 0 aromatic heterocycles. The topological polar surface area (TPSA) is 30.5 Å². The van der Waals surface area contributed by atoms with E-state index in [1.165, 1.54) is 5.56 Å². The molecule has 1 aliphatic heterocycles. The summed E-state index contributed by atoms with van der Waals surface area (Å²) in [4.78, 5) is 0. The lowest BCUT2D eigenvalue weighted by atomic mass is 10.00. The van der Waals surface area contributed by atoms with Crippen molar-refractivity contribution < 1.29 is 9.47 Å². The Labute approximate surface area is 130 Å². The zero-order chi connectivity index (χ0) is 14.4. The molecule has 0 aliphatic carbocycles. The first kappa shape index (κ1) is 15.8. The third kappa shape index (κ3) is 4.21. The molecule has 2 atom stereocenters. The van der Waals surface area contributed by atoms with E-state index in [1.807, 2.05) is 0 Å². The fraction of sp³-hybridized carbons (Fsp3) is 0.625. The van der Waals surface area contributed by atoms with Crippen LogP contribution < -0.4 is 10.1 Å². The van der Waals surface area contributed by atoms with E-state index in [1.54, 1.807) is 7.11 Å². The molecular weight excluding hydrogens is 318 g/mol. The lowest BCUT2D eigenvalue weighted by Gasteiger charge is -2.25. The summed E-state index contributed by atoms with van der Waals surface area (Å²) in [5, 5.41) is 3.75. The molecule has 0 fully saturated rings. The number of fused-ring (bicyclic) bond motifs is 1. The number of ether oxygens (including phenoxy) is 2. The second-order valence-electron chi connectivity index (χ2n) is 5.33. The number of hydrogen-bond acceptors (Lipinski definition) is 3. The summed E-state index contributed by atoms with van der Waals surface area (Å²) in [7, 11) is 1.77. The minimum Gasteiger partial charge on any atom is -0.493 e. The molecule has 1 aromatic carbocycles. The highest BCUT2D eigenvalue weighted by molar-refractivity contribution is 9.10. The lowest BCUT2D eigenvalue weighted by molar-refractivity contribution is 0.155. The average Bonchev–Trinajstić information content (AvgIpc) is 2.61. The minimum absolute atomic E-state index is 0.354. The van der Waals surface area contributed by atoms with Crippen molar-refractivity contribution in [1.29, 1.82) is 0 Å². The van der Waals surface area contributed by atoms with Crippen molar-refractivity contribution in [1.82, 2.24) is 5.32 Å². The summed E-state index contributed by atoms with van der Waals surface area (Å²) >= 11 is 3.52. The van der Waals surface area contributed by atoms with Crippen LogP contribution in [-0.2, 0) is 4.74 Å². The zero-order valence-corrected chi connectivity index (χ0v) is 13.9. The number of rotatable bonds is 6. The highest BCUT2D eigenvalue weighted by Gasteiger charge is 2.22. The smallest absolute Gasteiger partial charge is 0.125 e. The van der Waals surface area contributed by atoms with Crippen molar-refractivity contribution in [3.05, 3.63) is 28.2 Å². The lowest BCUT2D eigenvalue weighted by Crippen LogP contribution is -2.36. The molecule has 0 bridgehead atoms. The molecule has 0 saturated carbocycles. The Morgan fingerprint density at radius 1 is 1.50 bits per heavy atom. The van der Waals surface area contributed by atoms with Gasteiger partial charge in [-0.2, -0.15) is 0 Å². The Kier molecular flexibility index (Phi) is 6.33. The zero-order valence-electron chi connectivity index (χ0n) is 12.3. The second-order valence-corrected chi connectivity index (χ2v) is 6.25. The summed E-state index contributed by atoms with van der Waals surface area (Å²) in [5.41, 5.74) is 1.27. The van der Waals surface area contributed by atoms with Crippen LogP contribution in [0.3, 0.4) is 0 Å². The highest BCUT2D eigenvalue weighted by atomic mass is 79.9. The number of halogens is 1. The molecule has 3 nitrogen and oxygen atoms in total. The first-order chi connectivity index (χ1) is 9.74. The molecule has 20 heavy (non-hydrogen) atoms. The Morgan fingerprint density at radius 2 is 2.35 bits per heavy atom. The van der Waals surface area contributed by atoms with Gasteiger partial charge in [0.05, 0.1) is 13.2 Å². The molecule has 2 rings (SSSR count). The summed E-state index contributed by atoms with van der Waals surface area (Å²) < 4.78 is 12.3. The van der Waals surface area contributed by atoms with Crippen molar-refractivity contribution >= 4 is 15.9 Å². The van der Waals surface area contributed by atoms with Crippen LogP contribution >= 0.6 is 15.9 Å². The van der Waals surface area contributed by atoms with Crippen LogP contribution in [0.15, 0.2) is 22.7 Å². The van der Waals surface area contributed by atoms with E-state index in [2.05, 4.69) is 46.4 Å². The van der Waals surface area contributed by atoms with Crippen LogP contribution in [0.4, 0.5) is 0 Å². The van der Waals surface area contributed by atoms with Gasteiger partial charge in [0, 0.05) is 29.2 Å². The summed E-state index contributed by atoms with van der Waals surface area (Å²) in [5.74, 6) is 1.00. The van der Waals surface area contributed by atoms with Gasteiger partial charge in [0.1, 0.15) is 5.75 Å². The summed E-state index contributed by atoms with van der Waals surface area (Å²) in [6.45, 7) is 3.77. The molecule has 4 heteroatoms. The molecule has 0 spiro atoms. The van der Waals surface area contributed by atoms with Gasteiger partial charge in [-0.15, -0.1) is 0 Å².